The summed E-state index contributed by atoms with van der Waals surface area (Å²) in [5, 5.41) is 0.511. The maximum Gasteiger partial charge on any atom is 0.329 e. The lowest BCUT2D eigenvalue weighted by Crippen LogP contribution is -2.37. The van der Waals surface area contributed by atoms with Crippen molar-refractivity contribution >= 4 is 38.8 Å². The number of anilines is 2. The second kappa shape index (κ2) is 5.75. The van der Waals surface area contributed by atoms with E-state index in [4.69, 9.17) is 11.6 Å². The van der Waals surface area contributed by atoms with Crippen molar-refractivity contribution in [3.63, 3.8) is 0 Å². The van der Waals surface area contributed by atoms with E-state index in [9.17, 15) is 13.2 Å². The summed E-state index contributed by atoms with van der Waals surface area (Å²) in [6, 6.07) is 13.5. The van der Waals surface area contributed by atoms with Gasteiger partial charge in [0, 0.05) is 16.4 Å². The van der Waals surface area contributed by atoms with Crippen molar-refractivity contribution < 1.29 is 13.2 Å². The average molecular weight is 377 g/mol. The third-order valence-electron chi connectivity index (χ3n) is 4.77. The van der Waals surface area contributed by atoms with Crippen molar-refractivity contribution in [2.75, 3.05) is 21.3 Å². The second-order valence-corrected chi connectivity index (χ2v) is 9.14. The molecule has 0 radical (unpaired) electrons. The molecule has 0 saturated carbocycles. The summed E-state index contributed by atoms with van der Waals surface area (Å²) in [6.45, 7) is 1.97. The molecule has 2 amide bonds. The van der Waals surface area contributed by atoms with E-state index >= 15 is 0 Å². The van der Waals surface area contributed by atoms with Gasteiger partial charge in [-0.1, -0.05) is 35.4 Å². The third-order valence-corrected chi connectivity index (χ3v) is 6.70. The first-order chi connectivity index (χ1) is 11.9. The summed E-state index contributed by atoms with van der Waals surface area (Å²) >= 11 is 6.07. The molecular formula is C18H17ClN2O3S. The zero-order valence-corrected chi connectivity index (χ0v) is 15.2. The van der Waals surface area contributed by atoms with E-state index in [1.165, 1.54) is 0 Å². The number of sulfone groups is 1. The first kappa shape index (κ1) is 16.4. The van der Waals surface area contributed by atoms with Gasteiger partial charge < -0.3 is 0 Å². The lowest BCUT2D eigenvalue weighted by atomic mass is 10.1. The van der Waals surface area contributed by atoms with Crippen molar-refractivity contribution in [3.8, 4) is 0 Å². The van der Waals surface area contributed by atoms with Crippen molar-refractivity contribution in [1.82, 2.24) is 0 Å². The summed E-state index contributed by atoms with van der Waals surface area (Å²) in [7, 11) is -3.20. The molecule has 2 saturated heterocycles. The molecule has 2 heterocycles. The van der Waals surface area contributed by atoms with Crippen LogP contribution in [-0.2, 0) is 9.84 Å². The van der Waals surface area contributed by atoms with Crippen molar-refractivity contribution in [2.24, 2.45) is 0 Å². The summed E-state index contributed by atoms with van der Waals surface area (Å²) < 4.78 is 24.5. The minimum Gasteiger partial charge on any atom is -0.288 e. The first-order valence-electron chi connectivity index (χ1n) is 8.01. The Morgan fingerprint density at radius 1 is 0.960 bits per heavy atom. The van der Waals surface area contributed by atoms with Crippen molar-refractivity contribution in [2.45, 2.75) is 19.0 Å². The summed E-state index contributed by atoms with van der Waals surface area (Å²) in [6.07, 6.45) is 0. The van der Waals surface area contributed by atoms with Gasteiger partial charge in [0.1, 0.15) is 0 Å². The van der Waals surface area contributed by atoms with Gasteiger partial charge in [0.15, 0.2) is 9.84 Å². The van der Waals surface area contributed by atoms with E-state index in [0.29, 0.717) is 16.4 Å². The van der Waals surface area contributed by atoms with Crippen LogP contribution in [0.5, 0.6) is 0 Å². The van der Waals surface area contributed by atoms with Crippen LogP contribution in [0.3, 0.4) is 0 Å². The average Bonchev–Trinajstić information content (AvgIpc) is 2.97. The van der Waals surface area contributed by atoms with E-state index in [1.807, 2.05) is 31.2 Å². The molecule has 0 unspecified atom stereocenters. The highest BCUT2D eigenvalue weighted by Crippen LogP contribution is 2.38. The number of nitrogens with zero attached hydrogens (tertiary/aromatic N) is 2. The Kier molecular flexibility index (Phi) is 3.77. The standard InChI is InChI=1S/C18H17ClN2O3S/c1-12-5-7-14(8-6-12)20-16-10-25(23,24)11-17(16)21(18(20)22)15-4-2-3-13(19)9-15/h2-9,16-17H,10-11H2,1H3/t16-,17+/m1/s1. The quantitative estimate of drug-likeness (QED) is 0.756. The third kappa shape index (κ3) is 2.79. The number of fused-ring (bicyclic) bond motifs is 1. The number of hydrogen-bond donors (Lipinski definition) is 0. The van der Waals surface area contributed by atoms with Crippen molar-refractivity contribution in [3.05, 3.63) is 59.1 Å². The Morgan fingerprint density at radius 2 is 1.56 bits per heavy atom. The van der Waals surface area contributed by atoms with Gasteiger partial charge in [0.05, 0.1) is 23.6 Å². The molecule has 2 aliphatic heterocycles. The molecule has 7 heteroatoms. The number of amides is 2. The molecule has 0 aromatic heterocycles. The van der Waals surface area contributed by atoms with E-state index in [1.54, 1.807) is 34.1 Å². The lowest BCUT2D eigenvalue weighted by molar-refractivity contribution is 0.255. The number of halogens is 1. The van der Waals surface area contributed by atoms with E-state index in [0.717, 1.165) is 5.56 Å². The van der Waals surface area contributed by atoms with Crippen LogP contribution >= 0.6 is 11.6 Å². The Hall–Kier alpha value is -2.05. The summed E-state index contributed by atoms with van der Waals surface area (Å²) in [5.41, 5.74) is 2.42. The molecule has 2 aromatic carbocycles. The molecule has 2 fully saturated rings. The van der Waals surface area contributed by atoms with Crippen LogP contribution in [0.2, 0.25) is 5.02 Å². The van der Waals surface area contributed by atoms with Crippen LogP contribution in [0.15, 0.2) is 48.5 Å². The SMILES string of the molecule is Cc1ccc(N2C(=O)N(c3cccc(Cl)c3)[C@H]3CS(=O)(=O)C[C@H]32)cc1. The van der Waals surface area contributed by atoms with Gasteiger partial charge in [0.2, 0.25) is 0 Å². The monoisotopic (exact) mass is 376 g/mol. The number of benzene rings is 2. The van der Waals surface area contributed by atoms with E-state index in [2.05, 4.69) is 0 Å². The van der Waals surface area contributed by atoms with Gasteiger partial charge in [-0.05, 0) is 37.3 Å². The molecule has 4 rings (SSSR count). The minimum atomic E-state index is -3.20. The number of urea groups is 1. The predicted molar refractivity (Wildman–Crippen MR) is 99.2 cm³/mol. The van der Waals surface area contributed by atoms with Crippen LogP contribution in [-0.4, -0.2) is 38.0 Å². The Labute approximate surface area is 151 Å². The molecule has 5 nitrogen and oxygen atoms in total. The first-order valence-corrected chi connectivity index (χ1v) is 10.2. The largest absolute Gasteiger partial charge is 0.329 e. The Balaban J connectivity index is 1.81. The summed E-state index contributed by atoms with van der Waals surface area (Å²) in [4.78, 5) is 16.3. The fraction of sp³-hybridized carbons (Fsp3) is 0.278. The Morgan fingerprint density at radius 3 is 2.16 bits per heavy atom. The second-order valence-electron chi connectivity index (χ2n) is 6.55. The van der Waals surface area contributed by atoms with Gasteiger partial charge in [-0.2, -0.15) is 0 Å². The number of carbonyl (C=O) groups is 1. The topological polar surface area (TPSA) is 57.7 Å². The van der Waals surface area contributed by atoms with Crippen LogP contribution in [0.25, 0.3) is 0 Å². The molecule has 0 aliphatic carbocycles. The van der Waals surface area contributed by atoms with E-state index in [-0.39, 0.29) is 23.6 Å². The number of hydrogen-bond acceptors (Lipinski definition) is 3. The molecule has 0 N–H and O–H groups in total. The fourth-order valence-electron chi connectivity index (χ4n) is 3.64. The van der Waals surface area contributed by atoms with Gasteiger partial charge >= 0.3 is 6.03 Å². The van der Waals surface area contributed by atoms with Crippen LogP contribution < -0.4 is 9.80 Å². The zero-order chi connectivity index (χ0) is 17.8. The predicted octanol–water partition coefficient (Wildman–Crippen LogP) is 3.26. The van der Waals surface area contributed by atoms with Crippen LogP contribution in [0.1, 0.15) is 5.56 Å². The molecule has 25 heavy (non-hydrogen) atoms. The maximum atomic E-state index is 13.1. The lowest BCUT2D eigenvalue weighted by Gasteiger charge is -2.23. The zero-order valence-electron chi connectivity index (χ0n) is 13.6. The van der Waals surface area contributed by atoms with Gasteiger partial charge in [-0.25, -0.2) is 13.2 Å². The summed E-state index contributed by atoms with van der Waals surface area (Å²) in [5.74, 6) is -0.0490. The van der Waals surface area contributed by atoms with Gasteiger partial charge in [0.25, 0.3) is 0 Å². The molecule has 130 valence electrons. The highest BCUT2D eigenvalue weighted by atomic mass is 35.5. The molecule has 2 atom stereocenters. The highest BCUT2D eigenvalue weighted by Gasteiger charge is 2.54. The normalized spacial score (nSPS) is 24.6. The van der Waals surface area contributed by atoms with Crippen molar-refractivity contribution in [1.29, 1.82) is 0 Å². The molecule has 0 spiro atoms. The number of rotatable bonds is 2. The minimum absolute atomic E-state index is 0.0195. The number of aryl methyl sites for hydroxylation is 1. The smallest absolute Gasteiger partial charge is 0.288 e. The highest BCUT2D eigenvalue weighted by molar-refractivity contribution is 7.91. The van der Waals surface area contributed by atoms with Crippen LogP contribution in [0, 0.1) is 6.92 Å². The maximum absolute atomic E-state index is 13.1. The van der Waals surface area contributed by atoms with Gasteiger partial charge in [-0.15, -0.1) is 0 Å². The molecule has 2 aromatic rings. The Bertz CT molecular complexity index is 943. The van der Waals surface area contributed by atoms with E-state index < -0.39 is 15.9 Å². The molecule has 2 aliphatic rings. The van der Waals surface area contributed by atoms with Crippen LogP contribution in [0.4, 0.5) is 16.2 Å². The van der Waals surface area contributed by atoms with Gasteiger partial charge in [-0.3, -0.25) is 9.80 Å². The fourth-order valence-corrected chi connectivity index (χ4v) is 5.74. The number of carbonyl (C=O) groups excluding carboxylic acids is 1. The molecule has 0 bridgehead atoms. The molecular weight excluding hydrogens is 360 g/mol.